The molecule has 3 rings (SSSR count). The van der Waals surface area contributed by atoms with Gasteiger partial charge in [-0.1, -0.05) is 25.0 Å². The molecule has 2 fully saturated rings. The molecule has 7 heteroatoms. The molecule has 1 aliphatic heterocycles. The summed E-state index contributed by atoms with van der Waals surface area (Å²) in [5.41, 5.74) is -1.31. The van der Waals surface area contributed by atoms with Crippen LogP contribution in [0.2, 0.25) is 0 Å². The number of rotatable bonds is 5. The maximum atomic E-state index is 13.3. The monoisotopic (exact) mass is 393 g/mol. The average molecular weight is 393 g/mol. The molecule has 0 bridgehead atoms. The van der Waals surface area contributed by atoms with Gasteiger partial charge < -0.3 is 4.74 Å². The summed E-state index contributed by atoms with van der Waals surface area (Å²) in [5, 5.41) is 8.76. The molecule has 150 valence electrons. The molecular weight excluding hydrogens is 371 g/mol. The molecule has 1 saturated heterocycles. The van der Waals surface area contributed by atoms with Crippen molar-refractivity contribution in [2.75, 3.05) is 0 Å². The molecule has 1 heterocycles. The highest BCUT2D eigenvalue weighted by molar-refractivity contribution is 5.98. The number of ketones is 1. The van der Waals surface area contributed by atoms with Gasteiger partial charge in [-0.2, -0.15) is 18.4 Å². The zero-order valence-corrected chi connectivity index (χ0v) is 15.5. The van der Waals surface area contributed by atoms with Crippen LogP contribution in [0.3, 0.4) is 0 Å². The van der Waals surface area contributed by atoms with Crippen molar-refractivity contribution in [1.82, 2.24) is 0 Å². The minimum Gasteiger partial charge on any atom is -0.458 e. The van der Waals surface area contributed by atoms with Gasteiger partial charge in [0.25, 0.3) is 0 Å². The Balaban J connectivity index is 1.84. The van der Waals surface area contributed by atoms with E-state index in [1.54, 1.807) is 12.1 Å². The maximum Gasteiger partial charge on any atom is 0.416 e. The van der Waals surface area contributed by atoms with Gasteiger partial charge in [0.2, 0.25) is 0 Å². The third-order valence-corrected chi connectivity index (χ3v) is 5.84. The predicted octanol–water partition coefficient (Wildman–Crippen LogP) is 4.54. The third kappa shape index (κ3) is 4.37. The number of esters is 1. The van der Waals surface area contributed by atoms with Crippen molar-refractivity contribution in [2.45, 2.75) is 69.6 Å². The second-order valence-corrected chi connectivity index (χ2v) is 7.74. The lowest BCUT2D eigenvalue weighted by Crippen LogP contribution is -2.48. The third-order valence-electron chi connectivity index (χ3n) is 5.84. The number of nitrogens with zero attached hydrogens (tertiary/aromatic N) is 1. The lowest BCUT2D eigenvalue weighted by molar-refractivity contribution is -0.178. The highest BCUT2D eigenvalue weighted by Gasteiger charge is 2.47. The highest BCUT2D eigenvalue weighted by atomic mass is 19.4. The number of ether oxygens (including phenoxy) is 1. The SMILES string of the molecule is N#CCc1ccc(CCC2(C3CCCC3)CC(=O)CC(=O)O2)cc1C(F)(F)F. The quantitative estimate of drug-likeness (QED) is 0.544. The first-order chi connectivity index (χ1) is 13.2. The van der Waals surface area contributed by atoms with Crippen molar-refractivity contribution in [2.24, 2.45) is 5.92 Å². The van der Waals surface area contributed by atoms with Crippen LogP contribution in [0.25, 0.3) is 0 Å². The van der Waals surface area contributed by atoms with E-state index in [1.165, 1.54) is 6.07 Å². The zero-order chi connectivity index (χ0) is 20.4. The number of hydrogen-bond donors (Lipinski definition) is 0. The van der Waals surface area contributed by atoms with Crippen molar-refractivity contribution >= 4 is 11.8 Å². The van der Waals surface area contributed by atoms with E-state index in [2.05, 4.69) is 0 Å². The Kier molecular flexibility index (Phi) is 5.78. The Hall–Kier alpha value is -2.36. The number of alkyl halides is 3. The summed E-state index contributed by atoms with van der Waals surface area (Å²) in [4.78, 5) is 24.0. The fourth-order valence-corrected chi connectivity index (χ4v) is 4.52. The second-order valence-electron chi connectivity index (χ2n) is 7.74. The number of carbonyl (C=O) groups is 2. The van der Waals surface area contributed by atoms with Crippen molar-refractivity contribution in [3.63, 3.8) is 0 Å². The Morgan fingerprint density at radius 2 is 1.93 bits per heavy atom. The minimum absolute atomic E-state index is 0.0523. The molecule has 1 aliphatic carbocycles. The van der Waals surface area contributed by atoms with E-state index in [9.17, 15) is 22.8 Å². The first kappa shape index (κ1) is 20.4. The Morgan fingerprint density at radius 1 is 1.21 bits per heavy atom. The van der Waals surface area contributed by atoms with E-state index < -0.39 is 23.3 Å². The number of aryl methyl sites for hydroxylation is 1. The number of Topliss-reactive ketones (excluding diaryl/α,β-unsaturated/α-hetero) is 1. The van der Waals surface area contributed by atoms with Crippen molar-refractivity contribution in [1.29, 1.82) is 5.26 Å². The van der Waals surface area contributed by atoms with Crippen molar-refractivity contribution in [3.05, 3.63) is 34.9 Å². The van der Waals surface area contributed by atoms with Gasteiger partial charge in [0, 0.05) is 6.42 Å². The molecule has 1 atom stereocenters. The number of benzene rings is 1. The molecule has 0 spiro atoms. The topological polar surface area (TPSA) is 67.2 Å². The summed E-state index contributed by atoms with van der Waals surface area (Å²) in [6, 6.07) is 5.74. The Morgan fingerprint density at radius 3 is 2.54 bits per heavy atom. The van der Waals surface area contributed by atoms with Gasteiger partial charge in [-0.25, -0.2) is 0 Å². The predicted molar refractivity (Wildman–Crippen MR) is 94.1 cm³/mol. The number of hydrogen-bond acceptors (Lipinski definition) is 4. The summed E-state index contributed by atoms with van der Waals surface area (Å²) in [5.74, 6) is -0.632. The van der Waals surface area contributed by atoms with E-state index in [0.717, 1.165) is 31.7 Å². The van der Waals surface area contributed by atoms with E-state index in [1.807, 2.05) is 0 Å². The lowest BCUT2D eigenvalue weighted by atomic mass is 9.76. The highest BCUT2D eigenvalue weighted by Crippen LogP contribution is 2.44. The summed E-state index contributed by atoms with van der Waals surface area (Å²) in [6.45, 7) is 0. The van der Waals surface area contributed by atoms with Crippen LogP contribution in [-0.4, -0.2) is 17.4 Å². The number of carbonyl (C=O) groups excluding carboxylic acids is 2. The smallest absolute Gasteiger partial charge is 0.416 e. The molecule has 1 saturated carbocycles. The lowest BCUT2D eigenvalue weighted by Gasteiger charge is -2.41. The van der Waals surface area contributed by atoms with Crippen LogP contribution < -0.4 is 0 Å². The summed E-state index contributed by atoms with van der Waals surface area (Å²) >= 11 is 0. The molecular formula is C21H22F3NO3. The molecule has 0 radical (unpaired) electrons. The fourth-order valence-electron chi connectivity index (χ4n) is 4.52. The first-order valence-electron chi connectivity index (χ1n) is 9.53. The molecule has 1 aromatic rings. The molecule has 2 aliphatic rings. The standard InChI is InChI=1S/C21H22F3NO3/c22-21(23,24)18-11-14(5-6-15(18)8-10-25)7-9-20(16-3-1-2-4-16)13-17(26)12-19(27)28-20/h5-6,11,16H,1-4,7-9,12-13H2. The van der Waals surface area contributed by atoms with Crippen molar-refractivity contribution in [3.8, 4) is 6.07 Å². The molecule has 1 unspecified atom stereocenters. The minimum atomic E-state index is -4.54. The molecule has 4 nitrogen and oxygen atoms in total. The molecule has 1 aromatic carbocycles. The zero-order valence-electron chi connectivity index (χ0n) is 15.5. The molecule has 28 heavy (non-hydrogen) atoms. The largest absolute Gasteiger partial charge is 0.458 e. The van der Waals surface area contributed by atoms with Crippen LogP contribution in [0.5, 0.6) is 0 Å². The number of cyclic esters (lactones) is 1. The van der Waals surface area contributed by atoms with Crippen LogP contribution in [-0.2, 0) is 33.3 Å². The maximum absolute atomic E-state index is 13.3. The number of nitriles is 1. The summed E-state index contributed by atoms with van der Waals surface area (Å²) < 4.78 is 45.7. The van der Waals surface area contributed by atoms with E-state index in [4.69, 9.17) is 10.00 Å². The molecule has 0 amide bonds. The van der Waals surface area contributed by atoms with Gasteiger partial charge in [0.05, 0.1) is 18.1 Å². The van der Waals surface area contributed by atoms with E-state index in [-0.39, 0.29) is 42.9 Å². The summed E-state index contributed by atoms with van der Waals surface area (Å²) in [6.07, 6.45) is -0.635. The van der Waals surface area contributed by atoms with Crippen LogP contribution in [0.4, 0.5) is 13.2 Å². The van der Waals surface area contributed by atoms with Gasteiger partial charge >= 0.3 is 12.1 Å². The van der Waals surface area contributed by atoms with Gasteiger partial charge in [0.1, 0.15) is 17.8 Å². The van der Waals surface area contributed by atoms with Gasteiger partial charge in [-0.3, -0.25) is 9.59 Å². The van der Waals surface area contributed by atoms with Crippen LogP contribution in [0.15, 0.2) is 18.2 Å². The molecule has 0 N–H and O–H groups in total. The molecule has 0 aromatic heterocycles. The average Bonchev–Trinajstić information content (AvgIpc) is 3.15. The Bertz CT molecular complexity index is 788. The van der Waals surface area contributed by atoms with Crippen LogP contribution >= 0.6 is 0 Å². The van der Waals surface area contributed by atoms with Gasteiger partial charge in [-0.05, 0) is 48.8 Å². The normalized spacial score (nSPS) is 23.5. The van der Waals surface area contributed by atoms with E-state index >= 15 is 0 Å². The summed E-state index contributed by atoms with van der Waals surface area (Å²) in [7, 11) is 0. The van der Waals surface area contributed by atoms with Crippen LogP contribution in [0.1, 0.15) is 61.6 Å². The van der Waals surface area contributed by atoms with Gasteiger partial charge in [-0.15, -0.1) is 0 Å². The first-order valence-corrected chi connectivity index (χ1v) is 9.53. The second kappa shape index (κ2) is 7.94. The van der Waals surface area contributed by atoms with Gasteiger partial charge in [0.15, 0.2) is 0 Å². The Labute approximate surface area is 161 Å². The number of halogens is 3. The fraction of sp³-hybridized carbons (Fsp3) is 0.571. The van der Waals surface area contributed by atoms with Crippen molar-refractivity contribution < 1.29 is 27.5 Å². The van der Waals surface area contributed by atoms with E-state index in [0.29, 0.717) is 12.0 Å². The van der Waals surface area contributed by atoms with Crippen LogP contribution in [0, 0.1) is 17.2 Å².